The molecule has 9 nitrogen and oxygen atoms in total. The van der Waals surface area contributed by atoms with Gasteiger partial charge in [0, 0.05) is 0 Å². The van der Waals surface area contributed by atoms with Crippen LogP contribution in [0, 0.1) is 5.41 Å². The summed E-state index contributed by atoms with van der Waals surface area (Å²) in [5.74, 6) is -4.50. The van der Waals surface area contributed by atoms with E-state index in [1.54, 1.807) is 0 Å². The lowest BCUT2D eigenvalue weighted by molar-refractivity contribution is -0.276. The molecule has 0 saturated carbocycles. The molecule has 0 aliphatic rings. The van der Waals surface area contributed by atoms with Crippen LogP contribution in [0.4, 0.5) is 26.3 Å². The largest absolute Gasteiger partial charge is 0.573 e. The Hall–Kier alpha value is -3.21. The molecule has 0 aliphatic heterocycles. The van der Waals surface area contributed by atoms with Gasteiger partial charge in [0.2, 0.25) is 5.96 Å². The maximum atomic E-state index is 12.9. The fourth-order valence-corrected chi connectivity index (χ4v) is 5.93. The highest BCUT2D eigenvalue weighted by atomic mass is 32.3. The van der Waals surface area contributed by atoms with Gasteiger partial charge < -0.3 is 15.2 Å². The topological polar surface area (TPSA) is 140 Å². The first-order valence-corrected chi connectivity index (χ1v) is 10.7. The molecule has 3 N–H and O–H groups in total. The third-order valence-corrected chi connectivity index (χ3v) is 7.57. The van der Waals surface area contributed by atoms with Crippen LogP contribution in [0.5, 0.6) is 11.5 Å². The number of nitrogens with two attached hydrogens (primary N) is 1. The Balaban J connectivity index is 2.72. The second-order valence-corrected chi connectivity index (χ2v) is 9.32. The predicted octanol–water partition coefficient (Wildman–Crippen LogP) is 2.76. The van der Waals surface area contributed by atoms with E-state index in [0.717, 1.165) is 24.3 Å². The average molecular weight is 507 g/mol. The molecule has 0 aromatic heterocycles. The smallest absolute Gasteiger partial charge is 0.404 e. The lowest BCUT2D eigenvalue weighted by atomic mass is 10.3. The Bertz CT molecular complexity index is 1140. The van der Waals surface area contributed by atoms with Crippen molar-refractivity contribution in [3.8, 4) is 11.5 Å². The number of benzene rings is 2. The zero-order valence-corrected chi connectivity index (χ0v) is 16.8. The molecule has 0 saturated heterocycles. The number of alkyl halides is 6. The van der Waals surface area contributed by atoms with Gasteiger partial charge in [-0.3, -0.25) is 5.41 Å². The number of para-hydroxylation sites is 2. The van der Waals surface area contributed by atoms with Gasteiger partial charge in [0.1, 0.15) is 21.3 Å². The molecule has 0 aliphatic carbocycles. The molecule has 0 fully saturated rings. The summed E-state index contributed by atoms with van der Waals surface area (Å²) in [7, 11) is -11.3. The van der Waals surface area contributed by atoms with E-state index >= 15 is 0 Å². The molecule has 0 radical (unpaired) electrons. The van der Waals surface area contributed by atoms with Gasteiger partial charge in [-0.05, 0) is 24.3 Å². The second kappa shape index (κ2) is 8.38. The summed E-state index contributed by atoms with van der Waals surface area (Å²) in [6.07, 6.45) is -10.8. The molecule has 2 aromatic rings. The van der Waals surface area contributed by atoms with Gasteiger partial charge in [-0.15, -0.1) is 30.1 Å². The Morgan fingerprint density at radius 1 is 0.750 bits per heavy atom. The molecule has 0 amide bonds. The minimum atomic E-state index is -5.64. The molecular weight excluding hydrogens is 496 g/mol. The minimum absolute atomic E-state index is 0.514. The summed E-state index contributed by atoms with van der Waals surface area (Å²) in [4.78, 5) is -2.77. The zero-order chi connectivity index (χ0) is 24.5. The Labute approximate surface area is 176 Å². The monoisotopic (exact) mass is 507 g/mol. The van der Waals surface area contributed by atoms with E-state index in [0.29, 0.717) is 24.3 Å². The van der Waals surface area contributed by atoms with Crippen LogP contribution < -0.4 is 15.2 Å². The van der Waals surface area contributed by atoms with E-state index in [9.17, 15) is 43.2 Å². The minimum Gasteiger partial charge on any atom is -0.404 e. The predicted molar refractivity (Wildman–Crippen MR) is 94.4 cm³/mol. The number of ether oxygens (including phenoxy) is 2. The van der Waals surface area contributed by atoms with Crippen LogP contribution in [-0.4, -0.2) is 39.2 Å². The van der Waals surface area contributed by atoms with Crippen molar-refractivity contribution in [2.75, 3.05) is 0 Å². The van der Waals surface area contributed by atoms with Gasteiger partial charge in [-0.2, -0.15) is 16.8 Å². The van der Waals surface area contributed by atoms with Crippen LogP contribution in [-0.2, 0) is 20.0 Å². The molecule has 0 spiro atoms. The second-order valence-electron chi connectivity index (χ2n) is 5.58. The van der Waals surface area contributed by atoms with E-state index in [4.69, 9.17) is 11.1 Å². The van der Waals surface area contributed by atoms with Crippen LogP contribution in [0.15, 0.2) is 58.3 Å². The normalized spacial score (nSPS) is 12.8. The number of halogens is 6. The van der Waals surface area contributed by atoms with Crippen LogP contribution in [0.2, 0.25) is 0 Å². The van der Waals surface area contributed by atoms with Gasteiger partial charge in [-0.25, -0.2) is 0 Å². The van der Waals surface area contributed by atoms with Crippen LogP contribution >= 0.6 is 0 Å². The first kappa shape index (κ1) is 25.1. The highest BCUT2D eigenvalue weighted by molar-refractivity contribution is 8.05. The molecule has 0 heterocycles. The molecule has 32 heavy (non-hydrogen) atoms. The third kappa shape index (κ3) is 5.52. The first-order valence-electron chi connectivity index (χ1n) is 7.81. The van der Waals surface area contributed by atoms with E-state index in [2.05, 4.69) is 9.47 Å². The van der Waals surface area contributed by atoms with Crippen molar-refractivity contribution < 1.29 is 52.7 Å². The van der Waals surface area contributed by atoms with Gasteiger partial charge >= 0.3 is 12.7 Å². The summed E-state index contributed by atoms with van der Waals surface area (Å²) in [6.45, 7) is 0. The van der Waals surface area contributed by atoms with Crippen molar-refractivity contribution in [1.29, 1.82) is 5.41 Å². The van der Waals surface area contributed by atoms with Crippen molar-refractivity contribution in [3.63, 3.8) is 0 Å². The summed E-state index contributed by atoms with van der Waals surface area (Å²) in [5.41, 5.74) is 5.06. The maximum Gasteiger partial charge on any atom is 0.573 e. The fourth-order valence-electron chi connectivity index (χ4n) is 2.31. The number of nitrogens with zero attached hydrogens (tertiary/aromatic N) is 1. The van der Waals surface area contributed by atoms with E-state index in [1.165, 1.54) is 0 Å². The standard InChI is InChI=1S/C15H11F6N3O6S2/c16-14(17,18)29-9-5-1-3-7-11(9)31(25,26)24(13(22)23)32(27,28)12-8-4-2-6-10(12)30-15(19,20)21/h1-8H,(H3,22,23). The van der Waals surface area contributed by atoms with Crippen LogP contribution in [0.25, 0.3) is 0 Å². The average Bonchev–Trinajstić information content (AvgIpc) is 2.58. The van der Waals surface area contributed by atoms with Crippen molar-refractivity contribution in [3.05, 3.63) is 48.5 Å². The number of sulfonamides is 2. The Kier molecular flexibility index (Phi) is 6.56. The Morgan fingerprint density at radius 3 is 1.34 bits per heavy atom. The van der Waals surface area contributed by atoms with E-state index in [1.807, 2.05) is 0 Å². The summed E-state index contributed by atoms with van der Waals surface area (Å²) in [6, 6.07) is 5.76. The molecule has 0 bridgehead atoms. The zero-order valence-electron chi connectivity index (χ0n) is 15.2. The van der Waals surface area contributed by atoms with Crippen molar-refractivity contribution in [2.24, 2.45) is 5.73 Å². The molecule has 2 aromatic carbocycles. The lowest BCUT2D eigenvalue weighted by Crippen LogP contribution is -2.45. The van der Waals surface area contributed by atoms with Gasteiger partial charge in [0.05, 0.1) is 0 Å². The van der Waals surface area contributed by atoms with Crippen LogP contribution in [0.3, 0.4) is 0 Å². The molecule has 176 valence electrons. The highest BCUT2D eigenvalue weighted by Crippen LogP contribution is 2.36. The Morgan fingerprint density at radius 2 is 1.06 bits per heavy atom. The SMILES string of the molecule is N=C(N)N(S(=O)(=O)c1ccccc1OC(F)(F)F)S(=O)(=O)c1ccccc1OC(F)(F)F. The highest BCUT2D eigenvalue weighted by Gasteiger charge is 2.43. The summed E-state index contributed by atoms with van der Waals surface area (Å²) < 4.78 is 134. The molecule has 0 atom stereocenters. The van der Waals surface area contributed by atoms with Crippen LogP contribution in [0.1, 0.15) is 0 Å². The third-order valence-electron chi connectivity index (χ3n) is 3.34. The van der Waals surface area contributed by atoms with Crippen molar-refractivity contribution >= 4 is 26.0 Å². The lowest BCUT2D eigenvalue weighted by Gasteiger charge is -2.24. The summed E-state index contributed by atoms with van der Waals surface area (Å²) in [5, 5.41) is 7.38. The molecule has 0 unspecified atom stereocenters. The van der Waals surface area contributed by atoms with Gasteiger partial charge in [-0.1, -0.05) is 24.3 Å². The first-order chi connectivity index (χ1) is 14.5. The number of hydrogen-bond acceptors (Lipinski definition) is 7. The maximum absolute atomic E-state index is 12.9. The fraction of sp³-hybridized carbons (Fsp3) is 0.133. The molecule has 17 heteroatoms. The summed E-state index contributed by atoms with van der Waals surface area (Å²) >= 11 is 0. The quantitative estimate of drug-likeness (QED) is 0.348. The van der Waals surface area contributed by atoms with E-state index < -0.39 is 63.7 Å². The van der Waals surface area contributed by atoms with Crippen molar-refractivity contribution in [1.82, 2.24) is 3.71 Å². The number of hydrogen-bond donors (Lipinski definition) is 2. The van der Waals surface area contributed by atoms with Crippen molar-refractivity contribution in [2.45, 2.75) is 22.5 Å². The molecule has 2 rings (SSSR count). The van der Waals surface area contributed by atoms with Gasteiger partial charge in [0.15, 0.2) is 0 Å². The molecular formula is C15H11F6N3O6S2. The number of guanidine groups is 1. The van der Waals surface area contributed by atoms with Gasteiger partial charge in [0.25, 0.3) is 20.0 Å². The van der Waals surface area contributed by atoms with E-state index in [-0.39, 0.29) is 0 Å². The number of nitrogens with one attached hydrogen (secondary N) is 1. The number of rotatable bonds is 6.